The SMILES string of the molecule is O=C(CC1CCN(Sc2cccnc2)CC1)Nc1ccc2cc1CCc1cncc(c1)Nc1ncc(Cl)c(n1)N2. The summed E-state index contributed by atoms with van der Waals surface area (Å²) < 4.78 is 2.36. The van der Waals surface area contributed by atoms with E-state index in [1.165, 1.54) is 0 Å². The molecule has 1 aromatic carbocycles. The molecule has 0 spiro atoms. The van der Waals surface area contributed by atoms with Crippen LogP contribution in [0.4, 0.5) is 28.8 Å². The van der Waals surface area contributed by atoms with Crippen molar-refractivity contribution in [3.05, 3.63) is 83.5 Å². The Hall–Kier alpha value is -3.73. The molecule has 9 nitrogen and oxygen atoms in total. The van der Waals surface area contributed by atoms with Gasteiger partial charge in [-0.15, -0.1) is 0 Å². The number of pyridine rings is 2. The van der Waals surface area contributed by atoms with Crippen LogP contribution in [0.1, 0.15) is 30.4 Å². The van der Waals surface area contributed by atoms with Crippen LogP contribution in [0.5, 0.6) is 0 Å². The van der Waals surface area contributed by atoms with Crippen molar-refractivity contribution in [1.82, 2.24) is 24.2 Å². The maximum Gasteiger partial charge on any atom is 0.229 e. The van der Waals surface area contributed by atoms with Crippen LogP contribution in [0.2, 0.25) is 5.02 Å². The molecular weight excluding hydrogens is 544 g/mol. The van der Waals surface area contributed by atoms with Crippen molar-refractivity contribution in [2.24, 2.45) is 5.92 Å². The third-order valence-corrected chi connectivity index (χ3v) is 8.39. The highest BCUT2D eigenvalue weighted by atomic mass is 35.5. The number of rotatable bonds is 5. The molecule has 0 aliphatic carbocycles. The van der Waals surface area contributed by atoms with Gasteiger partial charge in [-0.2, -0.15) is 4.98 Å². The standard InChI is InChI=1S/C29H29ClN8OS/c30-25-18-33-29-35-23-12-20(15-32-16-23)3-4-21-14-22(34-28(25)37-29)5-6-26(21)36-27(39)13-19-7-10-38(11-8-19)40-24-2-1-9-31-17-24/h1-2,5-6,9,12,14-19H,3-4,7-8,10-11,13H2,(H,36,39)(H2,33,34,35,37). The molecule has 6 rings (SSSR count). The van der Waals surface area contributed by atoms with E-state index in [1.54, 1.807) is 30.5 Å². The van der Waals surface area contributed by atoms with Crippen LogP contribution >= 0.6 is 23.5 Å². The number of hydrogen-bond acceptors (Lipinski definition) is 9. The Morgan fingerprint density at radius 2 is 1.93 bits per heavy atom. The van der Waals surface area contributed by atoms with Crippen molar-refractivity contribution >= 4 is 58.3 Å². The smallest absolute Gasteiger partial charge is 0.229 e. The van der Waals surface area contributed by atoms with E-state index in [4.69, 9.17) is 11.6 Å². The maximum absolute atomic E-state index is 13.1. The van der Waals surface area contributed by atoms with Crippen LogP contribution in [0.25, 0.3) is 0 Å². The molecule has 3 aromatic heterocycles. The summed E-state index contributed by atoms with van der Waals surface area (Å²) in [7, 11) is 0. The van der Waals surface area contributed by atoms with E-state index in [-0.39, 0.29) is 5.91 Å². The van der Waals surface area contributed by atoms with E-state index in [0.29, 0.717) is 29.1 Å². The molecule has 0 atom stereocenters. The first-order valence-electron chi connectivity index (χ1n) is 13.3. The summed E-state index contributed by atoms with van der Waals surface area (Å²) in [6.45, 7) is 1.91. The van der Waals surface area contributed by atoms with Crippen molar-refractivity contribution in [1.29, 1.82) is 0 Å². The maximum atomic E-state index is 13.1. The topological polar surface area (TPSA) is 108 Å². The second-order valence-corrected chi connectivity index (χ2v) is 11.6. The lowest BCUT2D eigenvalue weighted by molar-refractivity contribution is -0.117. The molecule has 5 heterocycles. The van der Waals surface area contributed by atoms with Crippen LogP contribution < -0.4 is 16.0 Å². The van der Waals surface area contributed by atoms with Gasteiger partial charge in [-0.05, 0) is 91.1 Å². The number of amides is 1. The molecule has 40 heavy (non-hydrogen) atoms. The number of piperidine rings is 1. The Balaban J connectivity index is 1.14. The van der Waals surface area contributed by atoms with Gasteiger partial charge in [0.15, 0.2) is 5.82 Å². The van der Waals surface area contributed by atoms with Gasteiger partial charge in [0.05, 0.1) is 18.1 Å². The zero-order chi connectivity index (χ0) is 27.3. The first-order chi connectivity index (χ1) is 19.6. The molecule has 11 heteroatoms. The minimum Gasteiger partial charge on any atom is -0.339 e. The van der Waals surface area contributed by atoms with Gasteiger partial charge in [0.2, 0.25) is 11.9 Å². The number of carbonyl (C=O) groups is 1. The highest BCUT2D eigenvalue weighted by Crippen LogP contribution is 2.31. The zero-order valence-electron chi connectivity index (χ0n) is 21.8. The lowest BCUT2D eigenvalue weighted by atomic mass is 9.94. The molecule has 2 aliphatic rings. The Morgan fingerprint density at radius 3 is 2.77 bits per heavy atom. The lowest BCUT2D eigenvalue weighted by Crippen LogP contribution is -2.30. The van der Waals surface area contributed by atoms with Crippen LogP contribution in [0.3, 0.4) is 0 Å². The number of aromatic nitrogens is 4. The molecule has 6 bridgehead atoms. The van der Waals surface area contributed by atoms with E-state index in [2.05, 4.69) is 46.3 Å². The highest BCUT2D eigenvalue weighted by Gasteiger charge is 2.23. The summed E-state index contributed by atoms with van der Waals surface area (Å²) in [5, 5.41) is 10.1. The van der Waals surface area contributed by atoms with Gasteiger partial charge in [0, 0.05) is 54.4 Å². The van der Waals surface area contributed by atoms with Crippen LogP contribution in [0.15, 0.2) is 72.3 Å². The zero-order valence-corrected chi connectivity index (χ0v) is 23.4. The lowest BCUT2D eigenvalue weighted by Gasteiger charge is -2.30. The van der Waals surface area contributed by atoms with Gasteiger partial charge in [0.25, 0.3) is 0 Å². The first-order valence-corrected chi connectivity index (χ1v) is 14.5. The Kier molecular flexibility index (Phi) is 8.08. The molecule has 0 radical (unpaired) electrons. The number of nitrogens with one attached hydrogen (secondary N) is 3. The molecule has 0 unspecified atom stereocenters. The first kappa shape index (κ1) is 26.5. The average molecular weight is 573 g/mol. The van der Waals surface area contributed by atoms with E-state index in [0.717, 1.165) is 71.9 Å². The molecule has 1 fully saturated rings. The van der Waals surface area contributed by atoms with Crippen molar-refractivity contribution in [3.63, 3.8) is 0 Å². The number of hydrogen-bond donors (Lipinski definition) is 3. The molecule has 4 aromatic rings. The van der Waals surface area contributed by atoms with E-state index in [9.17, 15) is 4.79 Å². The molecule has 3 N–H and O–H groups in total. The Labute approximate surface area is 242 Å². The number of halogens is 1. The largest absolute Gasteiger partial charge is 0.339 e. The highest BCUT2D eigenvalue weighted by molar-refractivity contribution is 7.97. The minimum absolute atomic E-state index is 0.0505. The fourth-order valence-electron chi connectivity index (χ4n) is 4.97. The Morgan fingerprint density at radius 1 is 1.02 bits per heavy atom. The molecule has 1 saturated heterocycles. The summed E-state index contributed by atoms with van der Waals surface area (Å²) in [6.07, 6.45) is 12.8. The number of carbonyl (C=O) groups excluding carboxylic acids is 1. The fraction of sp³-hybridized carbons (Fsp3) is 0.276. The second kappa shape index (κ2) is 12.2. The Bertz CT molecular complexity index is 1500. The van der Waals surface area contributed by atoms with Crippen LogP contribution in [0, 0.1) is 5.92 Å². The van der Waals surface area contributed by atoms with Gasteiger partial charge in [-0.1, -0.05) is 11.6 Å². The fourth-order valence-corrected chi connectivity index (χ4v) is 6.05. The predicted octanol–water partition coefficient (Wildman–Crippen LogP) is 6.25. The second-order valence-electron chi connectivity index (χ2n) is 10.00. The minimum atomic E-state index is 0.0505. The summed E-state index contributed by atoms with van der Waals surface area (Å²) in [6, 6.07) is 12.0. The summed E-state index contributed by atoms with van der Waals surface area (Å²) in [5.41, 5.74) is 4.57. The van der Waals surface area contributed by atoms with Crippen molar-refractivity contribution < 1.29 is 4.79 Å². The van der Waals surface area contributed by atoms with Crippen LogP contribution in [-0.2, 0) is 17.6 Å². The van der Waals surface area contributed by atoms with Crippen molar-refractivity contribution in [2.45, 2.75) is 37.0 Å². The summed E-state index contributed by atoms with van der Waals surface area (Å²) in [4.78, 5) is 31.7. The third kappa shape index (κ3) is 6.70. The van der Waals surface area contributed by atoms with E-state index < -0.39 is 0 Å². The molecule has 1 amide bonds. The van der Waals surface area contributed by atoms with Gasteiger partial charge in [0.1, 0.15) is 5.02 Å². The van der Waals surface area contributed by atoms with Gasteiger partial charge in [-0.3, -0.25) is 14.8 Å². The number of nitrogens with zero attached hydrogens (tertiary/aromatic N) is 5. The third-order valence-electron chi connectivity index (χ3n) is 7.04. The number of benzene rings is 1. The monoisotopic (exact) mass is 572 g/mol. The quantitative estimate of drug-likeness (QED) is 0.239. The molecule has 2 aliphatic heterocycles. The van der Waals surface area contributed by atoms with Gasteiger partial charge in [-0.25, -0.2) is 9.29 Å². The number of aryl methyl sites for hydroxylation is 2. The van der Waals surface area contributed by atoms with Crippen molar-refractivity contribution in [3.8, 4) is 0 Å². The average Bonchev–Trinajstić information content (AvgIpc) is 2.97. The van der Waals surface area contributed by atoms with E-state index in [1.807, 2.05) is 42.7 Å². The summed E-state index contributed by atoms with van der Waals surface area (Å²) in [5.74, 6) is 1.34. The van der Waals surface area contributed by atoms with Gasteiger partial charge >= 0.3 is 0 Å². The molecular formula is C29H29ClN8OS. The molecule has 0 saturated carbocycles. The predicted molar refractivity (Wildman–Crippen MR) is 159 cm³/mol. The van der Waals surface area contributed by atoms with E-state index >= 15 is 0 Å². The molecule has 204 valence electrons. The van der Waals surface area contributed by atoms with Gasteiger partial charge < -0.3 is 16.0 Å². The number of anilines is 5. The van der Waals surface area contributed by atoms with Crippen molar-refractivity contribution in [2.75, 3.05) is 29.0 Å². The van der Waals surface area contributed by atoms with Crippen LogP contribution in [-0.4, -0.2) is 43.2 Å². The summed E-state index contributed by atoms with van der Waals surface area (Å²) >= 11 is 8.12. The number of fused-ring (bicyclic) bond motifs is 6. The normalized spacial score (nSPS) is 15.5.